The molecule has 1 aromatic rings. The van der Waals surface area contributed by atoms with Crippen molar-refractivity contribution in [1.29, 1.82) is 0 Å². The quantitative estimate of drug-likeness (QED) is 0.863. The van der Waals surface area contributed by atoms with Crippen LogP contribution in [0.15, 0.2) is 12.1 Å². The van der Waals surface area contributed by atoms with Crippen LogP contribution in [0.3, 0.4) is 0 Å². The van der Waals surface area contributed by atoms with E-state index in [0.717, 1.165) is 29.7 Å². The first-order chi connectivity index (χ1) is 8.06. The standard InChI is InChI=1S/C15H22O2/c1-5-6-12-14(16)13-11(9(2)3)8-7-10(4)15(13)17-12/h7-9,12,14,16H,5-6H2,1-4H3. The molecule has 94 valence electrons. The van der Waals surface area contributed by atoms with Crippen molar-refractivity contribution in [2.45, 2.75) is 58.7 Å². The molecule has 1 heterocycles. The molecule has 0 saturated heterocycles. The van der Waals surface area contributed by atoms with Crippen molar-refractivity contribution in [3.05, 3.63) is 28.8 Å². The van der Waals surface area contributed by atoms with E-state index in [1.54, 1.807) is 0 Å². The normalized spacial score (nSPS) is 22.7. The van der Waals surface area contributed by atoms with Crippen molar-refractivity contribution in [3.63, 3.8) is 0 Å². The fourth-order valence-corrected chi connectivity index (χ4v) is 2.59. The number of ether oxygens (including phenoxy) is 1. The molecule has 1 aromatic carbocycles. The summed E-state index contributed by atoms with van der Waals surface area (Å²) in [6.07, 6.45) is 1.43. The van der Waals surface area contributed by atoms with Crippen LogP contribution in [0.25, 0.3) is 0 Å². The van der Waals surface area contributed by atoms with Gasteiger partial charge in [-0.15, -0.1) is 0 Å². The van der Waals surface area contributed by atoms with E-state index in [1.165, 1.54) is 5.56 Å². The van der Waals surface area contributed by atoms with Gasteiger partial charge in [0.2, 0.25) is 0 Å². The molecule has 0 amide bonds. The third-order valence-corrected chi connectivity index (χ3v) is 3.54. The summed E-state index contributed by atoms with van der Waals surface area (Å²) in [5.74, 6) is 1.34. The summed E-state index contributed by atoms with van der Waals surface area (Å²) >= 11 is 0. The monoisotopic (exact) mass is 234 g/mol. The average molecular weight is 234 g/mol. The van der Waals surface area contributed by atoms with Gasteiger partial charge in [-0.05, 0) is 30.4 Å². The molecule has 2 unspecified atom stereocenters. The van der Waals surface area contributed by atoms with Crippen LogP contribution < -0.4 is 4.74 Å². The smallest absolute Gasteiger partial charge is 0.129 e. The van der Waals surface area contributed by atoms with Gasteiger partial charge in [0.15, 0.2) is 0 Å². The van der Waals surface area contributed by atoms with E-state index >= 15 is 0 Å². The lowest BCUT2D eigenvalue weighted by atomic mass is 9.91. The van der Waals surface area contributed by atoms with E-state index in [2.05, 4.69) is 32.9 Å². The molecule has 0 fully saturated rings. The highest BCUT2D eigenvalue weighted by molar-refractivity contribution is 5.51. The zero-order valence-corrected chi connectivity index (χ0v) is 11.2. The topological polar surface area (TPSA) is 29.5 Å². The second-order valence-corrected chi connectivity index (χ2v) is 5.26. The van der Waals surface area contributed by atoms with Gasteiger partial charge < -0.3 is 9.84 Å². The number of hydrogen-bond acceptors (Lipinski definition) is 2. The Hall–Kier alpha value is -1.02. The SMILES string of the molecule is CCCC1Oc2c(C)ccc(C(C)C)c2C1O. The summed E-state index contributed by atoms with van der Waals surface area (Å²) in [7, 11) is 0. The molecule has 0 aliphatic carbocycles. The van der Waals surface area contributed by atoms with E-state index in [9.17, 15) is 5.11 Å². The predicted octanol–water partition coefficient (Wildman–Crippen LogP) is 3.71. The molecule has 0 aromatic heterocycles. The lowest BCUT2D eigenvalue weighted by molar-refractivity contribution is 0.0610. The van der Waals surface area contributed by atoms with E-state index in [1.807, 2.05) is 6.92 Å². The van der Waals surface area contributed by atoms with Crippen LogP contribution in [-0.2, 0) is 0 Å². The minimum absolute atomic E-state index is 0.0615. The highest BCUT2D eigenvalue weighted by Crippen LogP contribution is 2.44. The Morgan fingerprint density at radius 2 is 2.06 bits per heavy atom. The Morgan fingerprint density at radius 3 is 2.65 bits per heavy atom. The zero-order chi connectivity index (χ0) is 12.6. The molecule has 1 N–H and O–H groups in total. The molecule has 2 heteroatoms. The number of hydrogen-bond donors (Lipinski definition) is 1. The highest BCUT2D eigenvalue weighted by Gasteiger charge is 2.35. The largest absolute Gasteiger partial charge is 0.487 e. The van der Waals surface area contributed by atoms with Crippen molar-refractivity contribution in [2.75, 3.05) is 0 Å². The molecule has 0 radical (unpaired) electrons. The number of aliphatic hydroxyl groups excluding tert-OH is 1. The van der Waals surface area contributed by atoms with E-state index in [4.69, 9.17) is 4.74 Å². The first-order valence-electron chi connectivity index (χ1n) is 6.54. The van der Waals surface area contributed by atoms with Gasteiger partial charge in [0.1, 0.15) is 18.0 Å². The molecule has 2 atom stereocenters. The van der Waals surface area contributed by atoms with Crippen molar-refractivity contribution < 1.29 is 9.84 Å². The lowest BCUT2D eigenvalue weighted by Crippen LogP contribution is -2.18. The number of aryl methyl sites for hydroxylation is 1. The van der Waals surface area contributed by atoms with E-state index in [0.29, 0.717) is 5.92 Å². The van der Waals surface area contributed by atoms with Gasteiger partial charge in [0.05, 0.1) is 0 Å². The number of rotatable bonds is 3. The number of fused-ring (bicyclic) bond motifs is 1. The molecule has 2 rings (SSSR count). The number of aliphatic hydroxyl groups is 1. The Balaban J connectivity index is 2.45. The minimum Gasteiger partial charge on any atom is -0.487 e. The Labute approximate surface area is 104 Å². The average Bonchev–Trinajstić information content (AvgIpc) is 2.59. The second-order valence-electron chi connectivity index (χ2n) is 5.26. The van der Waals surface area contributed by atoms with Gasteiger partial charge in [0, 0.05) is 5.56 Å². The molecule has 1 aliphatic rings. The Kier molecular flexibility index (Phi) is 3.43. The van der Waals surface area contributed by atoms with Crippen molar-refractivity contribution in [3.8, 4) is 5.75 Å². The van der Waals surface area contributed by atoms with Crippen LogP contribution in [0.5, 0.6) is 5.75 Å². The first-order valence-corrected chi connectivity index (χ1v) is 6.54. The molecule has 0 bridgehead atoms. The minimum atomic E-state index is -0.456. The third-order valence-electron chi connectivity index (χ3n) is 3.54. The molecule has 0 saturated carbocycles. The number of benzene rings is 1. The van der Waals surface area contributed by atoms with Crippen LogP contribution >= 0.6 is 0 Å². The third kappa shape index (κ3) is 2.06. The summed E-state index contributed by atoms with van der Waals surface area (Å²) in [6, 6.07) is 4.22. The van der Waals surface area contributed by atoms with Crippen LogP contribution in [0.1, 0.15) is 62.3 Å². The molecular weight excluding hydrogens is 212 g/mol. The lowest BCUT2D eigenvalue weighted by Gasteiger charge is -2.15. The maximum absolute atomic E-state index is 10.4. The van der Waals surface area contributed by atoms with Gasteiger partial charge in [-0.25, -0.2) is 0 Å². The fourth-order valence-electron chi connectivity index (χ4n) is 2.59. The summed E-state index contributed by atoms with van der Waals surface area (Å²) in [5, 5.41) is 10.4. The maximum Gasteiger partial charge on any atom is 0.129 e. The fraction of sp³-hybridized carbons (Fsp3) is 0.600. The molecule has 0 spiro atoms. The first kappa shape index (κ1) is 12.4. The molecule has 2 nitrogen and oxygen atoms in total. The van der Waals surface area contributed by atoms with E-state index < -0.39 is 6.10 Å². The molecular formula is C15H22O2. The molecule has 17 heavy (non-hydrogen) atoms. The second kappa shape index (κ2) is 4.69. The predicted molar refractivity (Wildman–Crippen MR) is 69.6 cm³/mol. The van der Waals surface area contributed by atoms with Gasteiger partial charge in [-0.1, -0.05) is 39.3 Å². The van der Waals surface area contributed by atoms with Gasteiger partial charge >= 0.3 is 0 Å². The van der Waals surface area contributed by atoms with Gasteiger partial charge in [-0.3, -0.25) is 0 Å². The Morgan fingerprint density at radius 1 is 1.35 bits per heavy atom. The summed E-state index contributed by atoms with van der Waals surface area (Å²) in [4.78, 5) is 0. The summed E-state index contributed by atoms with van der Waals surface area (Å²) in [5.41, 5.74) is 3.37. The van der Waals surface area contributed by atoms with E-state index in [-0.39, 0.29) is 6.10 Å². The van der Waals surface area contributed by atoms with Crippen LogP contribution in [0.4, 0.5) is 0 Å². The Bertz CT molecular complexity index is 410. The summed E-state index contributed by atoms with van der Waals surface area (Å²) in [6.45, 7) is 8.48. The maximum atomic E-state index is 10.4. The van der Waals surface area contributed by atoms with Crippen molar-refractivity contribution in [1.82, 2.24) is 0 Å². The molecule has 1 aliphatic heterocycles. The van der Waals surface area contributed by atoms with Crippen LogP contribution in [-0.4, -0.2) is 11.2 Å². The van der Waals surface area contributed by atoms with Crippen LogP contribution in [0, 0.1) is 6.92 Å². The van der Waals surface area contributed by atoms with Gasteiger partial charge in [-0.2, -0.15) is 0 Å². The van der Waals surface area contributed by atoms with Crippen molar-refractivity contribution >= 4 is 0 Å². The van der Waals surface area contributed by atoms with Crippen molar-refractivity contribution in [2.24, 2.45) is 0 Å². The van der Waals surface area contributed by atoms with Gasteiger partial charge in [0.25, 0.3) is 0 Å². The summed E-state index contributed by atoms with van der Waals surface area (Å²) < 4.78 is 5.93. The van der Waals surface area contributed by atoms with Crippen LogP contribution in [0.2, 0.25) is 0 Å². The zero-order valence-electron chi connectivity index (χ0n) is 11.2. The highest BCUT2D eigenvalue weighted by atomic mass is 16.5.